The van der Waals surface area contributed by atoms with Crippen molar-refractivity contribution < 1.29 is 49.1 Å². The van der Waals surface area contributed by atoms with Crippen LogP contribution in [-0.2, 0) is 54.0 Å². The van der Waals surface area contributed by atoms with Crippen LogP contribution < -0.4 is 10.0 Å². The number of pyridine rings is 1. The molecule has 6 aromatic rings. The molecule has 0 aliphatic heterocycles. The van der Waals surface area contributed by atoms with Crippen LogP contribution in [0.15, 0.2) is 65.8 Å². The number of halogens is 7. The summed E-state index contributed by atoms with van der Waals surface area (Å²) in [5, 5.41) is 25.2. The molecule has 8 rings (SSSR count). The van der Waals surface area contributed by atoms with Crippen molar-refractivity contribution in [3.63, 3.8) is 0 Å². The number of nitrogens with zero attached hydrogens (tertiary/aromatic N) is 7. The number of aliphatic hydroxyl groups is 1. The summed E-state index contributed by atoms with van der Waals surface area (Å²) in [5.41, 5.74) is -3.62. The third kappa shape index (κ3) is 7.88. The SMILES string of the molecule is Cn1cc(S(=O)(=O)Nc2nn(C)c3c(-c4ccc(C#CC(C)(C)O)nc4[C@H](Cc4cc(F)cc(F)c4)NC(=O)Cn4nc(C(F)(F)F)c5c4C(F)(F)[C@@H]4CC[C@H]54)cccc23)cn1. The van der Waals surface area contributed by atoms with E-state index in [2.05, 4.69) is 37.2 Å². The average molecular weight is 884 g/mol. The lowest BCUT2D eigenvalue weighted by atomic mass is 9.73. The van der Waals surface area contributed by atoms with Crippen molar-refractivity contribution in [2.45, 2.75) is 74.2 Å². The van der Waals surface area contributed by atoms with Crippen LogP contribution in [0.5, 0.6) is 0 Å². The van der Waals surface area contributed by atoms with Gasteiger partial charge in [-0.3, -0.25) is 23.6 Å². The predicted octanol–water partition coefficient (Wildman–Crippen LogP) is 6.48. The zero-order valence-corrected chi connectivity index (χ0v) is 34.0. The first-order chi connectivity index (χ1) is 29.0. The molecule has 324 valence electrons. The van der Waals surface area contributed by atoms with E-state index in [0.717, 1.165) is 18.3 Å². The first-order valence-electron chi connectivity index (χ1n) is 19.0. The van der Waals surface area contributed by atoms with Gasteiger partial charge in [0.05, 0.1) is 23.4 Å². The van der Waals surface area contributed by atoms with E-state index in [1.165, 1.54) is 35.5 Å². The fourth-order valence-electron chi connectivity index (χ4n) is 8.12. The van der Waals surface area contributed by atoms with Crippen molar-refractivity contribution in [3.05, 3.63) is 106 Å². The van der Waals surface area contributed by atoms with Crippen LogP contribution in [0.1, 0.15) is 72.6 Å². The highest BCUT2D eigenvalue weighted by atomic mass is 32.2. The van der Waals surface area contributed by atoms with Gasteiger partial charge in [-0.2, -0.15) is 37.2 Å². The molecule has 0 unspecified atom stereocenters. The number of sulfonamides is 1. The number of hydrogen-bond acceptors (Lipinski definition) is 8. The Labute approximate surface area is 349 Å². The minimum absolute atomic E-state index is 0.00168. The lowest BCUT2D eigenvalue weighted by molar-refractivity contribution is -0.144. The van der Waals surface area contributed by atoms with E-state index < -0.39 is 93.1 Å². The normalized spacial score (nSPS) is 17.5. The fourth-order valence-corrected chi connectivity index (χ4v) is 9.12. The summed E-state index contributed by atoms with van der Waals surface area (Å²) in [4.78, 5) is 18.6. The Kier molecular flexibility index (Phi) is 10.2. The molecule has 0 radical (unpaired) electrons. The number of rotatable bonds is 10. The van der Waals surface area contributed by atoms with Gasteiger partial charge in [-0.25, -0.2) is 22.2 Å². The van der Waals surface area contributed by atoms with Gasteiger partial charge in [0.1, 0.15) is 40.1 Å². The number of para-hydroxylation sites is 1. The molecule has 4 aromatic heterocycles. The molecular formula is C41H36F7N9O4S. The highest BCUT2D eigenvalue weighted by Crippen LogP contribution is 2.64. The summed E-state index contributed by atoms with van der Waals surface area (Å²) >= 11 is 0. The number of alkyl halides is 5. The Balaban J connectivity index is 1.26. The van der Waals surface area contributed by atoms with Gasteiger partial charge >= 0.3 is 6.18 Å². The van der Waals surface area contributed by atoms with Crippen LogP contribution in [0, 0.1) is 29.4 Å². The Morgan fingerprint density at radius 1 is 1.03 bits per heavy atom. The summed E-state index contributed by atoms with van der Waals surface area (Å²) in [6.45, 7) is 1.75. The van der Waals surface area contributed by atoms with Crippen molar-refractivity contribution in [2.75, 3.05) is 4.72 Å². The number of aryl methyl sites for hydroxylation is 2. The van der Waals surface area contributed by atoms with E-state index >= 15 is 8.78 Å². The van der Waals surface area contributed by atoms with E-state index in [1.54, 1.807) is 38.4 Å². The summed E-state index contributed by atoms with van der Waals surface area (Å²) in [5.74, 6) is -3.86. The predicted molar refractivity (Wildman–Crippen MR) is 209 cm³/mol. The molecule has 21 heteroatoms. The van der Waals surface area contributed by atoms with Gasteiger partial charge in [-0.05, 0) is 80.8 Å². The maximum Gasteiger partial charge on any atom is 0.435 e. The highest BCUT2D eigenvalue weighted by molar-refractivity contribution is 7.92. The van der Waals surface area contributed by atoms with Crippen LogP contribution in [0.4, 0.5) is 36.6 Å². The number of fused-ring (bicyclic) bond motifs is 4. The summed E-state index contributed by atoms with van der Waals surface area (Å²) in [6, 6.07) is 9.08. The van der Waals surface area contributed by atoms with Crippen LogP contribution in [0.25, 0.3) is 22.0 Å². The molecule has 62 heavy (non-hydrogen) atoms. The maximum absolute atomic E-state index is 15.7. The monoisotopic (exact) mass is 883 g/mol. The van der Waals surface area contributed by atoms with Crippen molar-refractivity contribution >= 4 is 32.7 Å². The molecule has 0 spiro atoms. The van der Waals surface area contributed by atoms with Gasteiger partial charge in [0.2, 0.25) is 5.91 Å². The maximum atomic E-state index is 15.7. The Hall–Kier alpha value is -6.27. The van der Waals surface area contributed by atoms with E-state index in [0.29, 0.717) is 27.2 Å². The lowest BCUT2D eigenvalue weighted by Crippen LogP contribution is -2.36. The zero-order chi connectivity index (χ0) is 44.7. The third-order valence-electron chi connectivity index (χ3n) is 10.8. The Morgan fingerprint density at radius 3 is 2.39 bits per heavy atom. The molecule has 2 aromatic carbocycles. The quantitative estimate of drug-likeness (QED) is 0.104. The van der Waals surface area contributed by atoms with Crippen molar-refractivity contribution in [2.24, 2.45) is 20.0 Å². The molecule has 13 nitrogen and oxygen atoms in total. The second-order valence-corrected chi connectivity index (χ2v) is 17.5. The largest absolute Gasteiger partial charge is 0.435 e. The molecule has 2 aliphatic rings. The van der Waals surface area contributed by atoms with Crippen molar-refractivity contribution in [1.82, 2.24) is 39.6 Å². The molecular weight excluding hydrogens is 848 g/mol. The number of amides is 1. The van der Waals surface area contributed by atoms with Crippen molar-refractivity contribution in [3.8, 4) is 23.0 Å². The Morgan fingerprint density at radius 2 is 1.76 bits per heavy atom. The number of anilines is 1. The van der Waals surface area contributed by atoms with Gasteiger partial charge in [0.15, 0.2) is 11.5 Å². The molecule has 1 fully saturated rings. The highest BCUT2D eigenvalue weighted by Gasteiger charge is 2.63. The first-order valence-corrected chi connectivity index (χ1v) is 20.5. The van der Waals surface area contributed by atoms with Crippen LogP contribution in [0.2, 0.25) is 0 Å². The van der Waals surface area contributed by atoms with Crippen molar-refractivity contribution in [1.29, 1.82) is 0 Å². The number of carbonyl (C=O) groups is 1. The second-order valence-electron chi connectivity index (χ2n) is 15.8. The summed E-state index contributed by atoms with van der Waals surface area (Å²) < 4.78 is 136. The summed E-state index contributed by atoms with van der Waals surface area (Å²) in [7, 11) is -1.09. The topological polar surface area (TPSA) is 162 Å². The number of benzene rings is 2. The Bertz CT molecular complexity index is 2940. The number of carbonyl (C=O) groups excluding carboxylic acids is 1. The molecule has 3 atom stereocenters. The smallest absolute Gasteiger partial charge is 0.378 e. The number of aromatic nitrogens is 7. The summed E-state index contributed by atoms with van der Waals surface area (Å²) in [6.07, 6.45) is -2.95. The van der Waals surface area contributed by atoms with E-state index in [9.17, 15) is 40.3 Å². The first kappa shape index (κ1) is 42.4. The van der Waals surface area contributed by atoms with Gasteiger partial charge in [-0.15, -0.1) is 0 Å². The zero-order valence-electron chi connectivity index (χ0n) is 33.2. The molecule has 0 saturated heterocycles. The average Bonchev–Trinajstić information content (AvgIpc) is 3.87. The van der Waals surface area contributed by atoms with E-state index in [4.69, 9.17) is 4.98 Å². The van der Waals surface area contributed by atoms with E-state index in [-0.39, 0.29) is 46.1 Å². The van der Waals surface area contributed by atoms with Gasteiger partial charge in [0.25, 0.3) is 15.9 Å². The minimum Gasteiger partial charge on any atom is -0.378 e. The molecule has 2 aliphatic carbocycles. The second kappa shape index (κ2) is 15.0. The van der Waals surface area contributed by atoms with Crippen LogP contribution in [-0.4, -0.2) is 59.4 Å². The van der Waals surface area contributed by atoms with Crippen LogP contribution >= 0.6 is 0 Å². The van der Waals surface area contributed by atoms with Gasteiger partial charge in [0, 0.05) is 54.4 Å². The molecule has 1 saturated carbocycles. The minimum atomic E-state index is -5.09. The molecule has 1 amide bonds. The lowest BCUT2D eigenvalue weighted by Gasteiger charge is -2.34. The van der Waals surface area contributed by atoms with Crippen LogP contribution in [0.3, 0.4) is 0 Å². The van der Waals surface area contributed by atoms with E-state index in [1.807, 2.05) is 0 Å². The molecule has 3 N–H and O–H groups in total. The molecule has 0 bridgehead atoms. The fraction of sp³-hybridized carbons (Fsp3) is 0.341. The number of nitrogens with one attached hydrogen (secondary N) is 2. The van der Waals surface area contributed by atoms with Gasteiger partial charge < -0.3 is 10.4 Å². The number of hydrogen-bond donors (Lipinski definition) is 3. The molecule has 4 heterocycles. The van der Waals surface area contributed by atoms with Gasteiger partial charge in [-0.1, -0.05) is 18.1 Å². The standard InChI is InChI=1S/C41H36F7N9O4S/c1-39(2,59)13-12-24-8-9-26(27-6-5-7-29-35(27)56(4)53-38(29)54-62(60,61)25-18-49-55(3)19-25)34(50-24)31(16-21-14-22(42)17-23(43)15-21)51-32(58)20-57-37-33(36(52-57)41(46,47)48)28-10-11-30(28)40(37,44)45/h5-9,14-15,17-19,28,30-31,59H,10-11,16,20H2,1-4H3,(H,51,58)(H,53,54)/t28-,30+,31-/m0/s1. The third-order valence-corrected chi connectivity index (χ3v) is 12.1.